The van der Waals surface area contributed by atoms with E-state index in [9.17, 15) is 14.4 Å². The molecule has 0 aliphatic carbocycles. The minimum absolute atomic E-state index is 0. The van der Waals surface area contributed by atoms with Crippen molar-refractivity contribution in [2.24, 2.45) is 5.73 Å². The topological polar surface area (TPSA) is 126 Å². The predicted molar refractivity (Wildman–Crippen MR) is 43.9 cm³/mol. The maximum atomic E-state index is 9.93. The van der Waals surface area contributed by atoms with Gasteiger partial charge in [0.25, 0.3) is 0 Å². The maximum Gasteiger partial charge on any atom is 2.00 e. The van der Waals surface area contributed by atoms with Gasteiger partial charge in [-0.3, -0.25) is 5.41 Å². The summed E-state index contributed by atoms with van der Waals surface area (Å²) < 4.78 is 13.8. The van der Waals surface area contributed by atoms with Crippen molar-refractivity contribution in [2.75, 3.05) is 20.2 Å². The zero-order valence-corrected chi connectivity index (χ0v) is 10.3. The largest absolute Gasteiger partial charge is 2.00 e. The molecule has 0 heterocycles. The first kappa shape index (κ1) is 16.1. The van der Waals surface area contributed by atoms with E-state index in [0.717, 1.165) is 0 Å². The zero-order valence-electron chi connectivity index (χ0n) is 7.23. The van der Waals surface area contributed by atoms with Gasteiger partial charge in [-0.15, -0.1) is 0 Å². The van der Waals surface area contributed by atoms with Crippen LogP contribution in [0, 0.1) is 5.41 Å². The Balaban J connectivity index is 0. The molecule has 0 amide bonds. The Morgan fingerprint density at radius 1 is 1.69 bits per heavy atom. The van der Waals surface area contributed by atoms with Crippen molar-refractivity contribution >= 4 is 51.5 Å². The number of guanidine groups is 1. The Kier molecular flexibility index (Phi) is 8.66. The Labute approximate surface area is 106 Å². The molecule has 0 unspecified atom stereocenters. The van der Waals surface area contributed by atoms with E-state index in [0.29, 0.717) is 0 Å². The van der Waals surface area contributed by atoms with Gasteiger partial charge in [-0.2, -0.15) is 0 Å². The molecular weight excluding hydrogens is 225 g/mol. The van der Waals surface area contributed by atoms with Gasteiger partial charge in [0, 0.05) is 13.6 Å². The van der Waals surface area contributed by atoms with Crippen LogP contribution in [0.15, 0.2) is 0 Å². The molecule has 0 saturated heterocycles. The van der Waals surface area contributed by atoms with Crippen molar-refractivity contribution in [3.63, 3.8) is 0 Å². The molecule has 0 aromatic carbocycles. The molecule has 0 radical (unpaired) electrons. The van der Waals surface area contributed by atoms with Gasteiger partial charge in [0.2, 0.25) is 0 Å². The molecule has 0 aliphatic heterocycles. The molecule has 0 spiro atoms. The molecule has 0 fully saturated rings. The van der Waals surface area contributed by atoms with Gasteiger partial charge in [0.05, 0.1) is 14.4 Å². The number of hydrogen-bond acceptors (Lipinski definition) is 5. The summed E-state index contributed by atoms with van der Waals surface area (Å²) in [6.45, 7) is -0.204. The van der Waals surface area contributed by atoms with Gasteiger partial charge >= 0.3 is 37.7 Å². The van der Waals surface area contributed by atoms with Crippen LogP contribution in [0.5, 0.6) is 0 Å². The van der Waals surface area contributed by atoms with E-state index >= 15 is 0 Å². The summed E-state index contributed by atoms with van der Waals surface area (Å²) in [5, 5.41) is 6.86. The monoisotopic (exact) mass is 235 g/mol. The Bertz CT molecular complexity index is 208. The zero-order chi connectivity index (χ0) is 9.78. The van der Waals surface area contributed by atoms with Gasteiger partial charge in [0.15, 0.2) is 5.96 Å². The first-order chi connectivity index (χ1) is 5.33. The number of rotatable bonds is 4. The van der Waals surface area contributed by atoms with E-state index in [1.54, 1.807) is 0 Å². The van der Waals surface area contributed by atoms with E-state index in [2.05, 4.69) is 4.52 Å². The molecule has 0 aromatic heterocycles. The molecule has 0 rings (SSSR count). The van der Waals surface area contributed by atoms with E-state index in [1.807, 2.05) is 0 Å². The molecular formula is C4H10CaN3O4P. The summed E-state index contributed by atoms with van der Waals surface area (Å²) in [6.07, 6.45) is 0. The molecule has 7 nitrogen and oxygen atoms in total. The fraction of sp³-hybridized carbons (Fsp3) is 0.750. The van der Waals surface area contributed by atoms with Crippen molar-refractivity contribution in [2.45, 2.75) is 0 Å². The van der Waals surface area contributed by atoms with Crippen LogP contribution in [0.2, 0.25) is 0 Å². The normalized spacial score (nSPS) is 10.4. The molecule has 3 N–H and O–H groups in total. The van der Waals surface area contributed by atoms with Crippen LogP contribution in [0.4, 0.5) is 0 Å². The number of hydrogen-bond donors (Lipinski definition) is 2. The van der Waals surface area contributed by atoms with Crippen LogP contribution in [0.25, 0.3) is 0 Å². The molecule has 0 atom stereocenters. The first-order valence-electron chi connectivity index (χ1n) is 3.04. The van der Waals surface area contributed by atoms with Crippen LogP contribution in [-0.4, -0.2) is 68.8 Å². The van der Waals surface area contributed by atoms with E-state index < -0.39 is 7.82 Å². The van der Waals surface area contributed by atoms with Crippen LogP contribution in [0.1, 0.15) is 0 Å². The third kappa shape index (κ3) is 10.6. The molecule has 0 aromatic rings. The number of phosphoric ester groups is 1. The van der Waals surface area contributed by atoms with Crippen molar-refractivity contribution in [1.29, 1.82) is 5.41 Å². The van der Waals surface area contributed by atoms with Gasteiger partial charge < -0.3 is 29.5 Å². The smallest absolute Gasteiger partial charge is 0.790 e. The van der Waals surface area contributed by atoms with E-state index in [1.165, 1.54) is 11.9 Å². The predicted octanol–water partition coefficient (Wildman–Crippen LogP) is -2.72. The summed E-state index contributed by atoms with van der Waals surface area (Å²) in [5.74, 6) is -0.217. The molecule has 0 bridgehead atoms. The number of nitrogens with zero attached hydrogens (tertiary/aromatic N) is 1. The van der Waals surface area contributed by atoms with Crippen molar-refractivity contribution < 1.29 is 18.9 Å². The van der Waals surface area contributed by atoms with E-state index in [4.69, 9.17) is 11.1 Å². The number of nitrogens with two attached hydrogens (primary N) is 1. The van der Waals surface area contributed by atoms with Gasteiger partial charge in [-0.05, 0) is 0 Å². The minimum atomic E-state index is -4.89. The Hall–Kier alpha value is 0.640. The average molecular weight is 235 g/mol. The van der Waals surface area contributed by atoms with Crippen molar-refractivity contribution in [1.82, 2.24) is 4.90 Å². The fourth-order valence-electron chi connectivity index (χ4n) is 0.410. The summed E-state index contributed by atoms with van der Waals surface area (Å²) in [6, 6.07) is 0. The van der Waals surface area contributed by atoms with Crippen molar-refractivity contribution in [3.8, 4) is 0 Å². The van der Waals surface area contributed by atoms with E-state index in [-0.39, 0.29) is 56.8 Å². The first-order valence-corrected chi connectivity index (χ1v) is 4.51. The summed E-state index contributed by atoms with van der Waals surface area (Å²) in [5.41, 5.74) is 5.01. The minimum Gasteiger partial charge on any atom is -0.790 e. The summed E-state index contributed by atoms with van der Waals surface area (Å²) in [7, 11) is -3.41. The van der Waals surface area contributed by atoms with Crippen LogP contribution in [0.3, 0.4) is 0 Å². The molecule has 13 heavy (non-hydrogen) atoms. The standard InChI is InChI=1S/C4H12N3O4P.Ca/c1-7(4(5)6)2-3-11-12(8,9)10;/h2-3H2,1H3,(H3,5,6)(H2,8,9,10);/q;+2/p-2. The van der Waals surface area contributed by atoms with Crippen molar-refractivity contribution in [3.05, 3.63) is 0 Å². The third-order valence-electron chi connectivity index (χ3n) is 1.09. The van der Waals surface area contributed by atoms with Crippen LogP contribution in [-0.2, 0) is 9.09 Å². The Morgan fingerprint density at radius 2 is 2.15 bits per heavy atom. The molecule has 72 valence electrons. The second-order valence-electron chi connectivity index (χ2n) is 2.09. The van der Waals surface area contributed by atoms with Crippen LogP contribution >= 0.6 is 7.82 Å². The molecule has 0 aliphatic rings. The Morgan fingerprint density at radius 3 is 2.46 bits per heavy atom. The number of nitrogens with one attached hydrogen (secondary N) is 1. The van der Waals surface area contributed by atoms with Gasteiger partial charge in [0.1, 0.15) is 0 Å². The quantitative estimate of drug-likeness (QED) is 0.236. The number of likely N-dealkylation sites (N-methyl/N-ethyl adjacent to an activating group) is 1. The average Bonchev–Trinajstić information content (AvgIpc) is 1.84. The fourth-order valence-corrected chi connectivity index (χ4v) is 0.715. The van der Waals surface area contributed by atoms with Gasteiger partial charge in [-0.25, -0.2) is 0 Å². The summed E-state index contributed by atoms with van der Waals surface area (Å²) >= 11 is 0. The van der Waals surface area contributed by atoms with Gasteiger partial charge in [-0.1, -0.05) is 0 Å². The molecule has 9 heteroatoms. The van der Waals surface area contributed by atoms with Crippen LogP contribution < -0.4 is 15.5 Å². The maximum absolute atomic E-state index is 9.93. The SMILES string of the molecule is CN(CCOP(=O)([O-])[O-])C(=N)N.[Ca+2]. The second-order valence-corrected chi connectivity index (χ2v) is 3.24. The summed E-state index contributed by atoms with van der Waals surface area (Å²) in [4.78, 5) is 21.1. The third-order valence-corrected chi connectivity index (χ3v) is 1.59. The second kappa shape index (κ2) is 7.00. The molecule has 0 saturated carbocycles. The number of phosphoric acid groups is 1.